The van der Waals surface area contributed by atoms with Gasteiger partial charge in [0.1, 0.15) is 13.1 Å². The Bertz CT molecular complexity index is 714. The maximum absolute atomic E-state index is 12.3. The highest BCUT2D eigenvalue weighted by molar-refractivity contribution is 5.85. The fraction of sp³-hybridized carbons (Fsp3) is 0.500. The van der Waals surface area contributed by atoms with E-state index in [2.05, 4.69) is 0 Å². The molecule has 1 fully saturated rings. The van der Waals surface area contributed by atoms with Crippen LogP contribution < -0.4 is 5.11 Å². The van der Waals surface area contributed by atoms with E-state index in [-0.39, 0.29) is 19.5 Å². The number of carbonyl (C=O) groups excluding carboxylic acids is 1. The zero-order valence-corrected chi connectivity index (χ0v) is 15.1. The zero-order valence-electron chi connectivity index (χ0n) is 15.1. The predicted octanol–water partition coefficient (Wildman–Crippen LogP) is 1.00. The lowest BCUT2D eigenvalue weighted by atomic mass is 9.83. The van der Waals surface area contributed by atoms with Crippen LogP contribution in [0.1, 0.15) is 26.3 Å². The third-order valence-corrected chi connectivity index (χ3v) is 5.36. The van der Waals surface area contributed by atoms with Crippen LogP contribution in [0.15, 0.2) is 30.3 Å². The van der Waals surface area contributed by atoms with Crippen molar-refractivity contribution in [3.63, 3.8) is 0 Å². The van der Waals surface area contributed by atoms with Crippen LogP contribution in [-0.4, -0.2) is 68.5 Å². The van der Waals surface area contributed by atoms with Gasteiger partial charge in [0.2, 0.25) is 0 Å². The summed E-state index contributed by atoms with van der Waals surface area (Å²) in [4.78, 5) is 37.0. The predicted molar refractivity (Wildman–Crippen MR) is 90.4 cm³/mol. The minimum Gasteiger partial charge on any atom is -0.498 e. The van der Waals surface area contributed by atoms with Crippen molar-refractivity contribution in [2.45, 2.75) is 38.3 Å². The van der Waals surface area contributed by atoms with Crippen LogP contribution in [0, 0.1) is 0 Å². The fourth-order valence-electron chi connectivity index (χ4n) is 3.72. The molecule has 1 aromatic rings. The Morgan fingerprint density at radius 3 is 2.19 bits per heavy atom. The summed E-state index contributed by atoms with van der Waals surface area (Å²) in [7, 11) is 0. The Labute approximate surface area is 151 Å². The first-order chi connectivity index (χ1) is 12.0. The van der Waals surface area contributed by atoms with Crippen molar-refractivity contribution in [2.24, 2.45) is 0 Å². The number of carbonyl (C=O) groups is 3. The molecule has 26 heavy (non-hydrogen) atoms. The van der Waals surface area contributed by atoms with E-state index in [0.29, 0.717) is 5.56 Å². The zero-order chi connectivity index (χ0) is 19.8. The van der Waals surface area contributed by atoms with Crippen molar-refractivity contribution in [3.05, 3.63) is 35.9 Å². The van der Waals surface area contributed by atoms with Crippen molar-refractivity contribution in [2.75, 3.05) is 19.6 Å². The second kappa shape index (κ2) is 6.60. The van der Waals surface area contributed by atoms with E-state index in [1.165, 1.54) is 0 Å². The van der Waals surface area contributed by atoms with Gasteiger partial charge in [0.05, 0.1) is 12.1 Å². The SMILES string of the molecule is CC(C)(C)[N+]1(C(=O)[O-])CCN(C(=O)O)[C@](Cc2ccccc2)(C(=O)O)C1. The quantitative estimate of drug-likeness (QED) is 0.773. The van der Waals surface area contributed by atoms with Crippen molar-refractivity contribution in [1.82, 2.24) is 4.90 Å². The molecule has 2 atom stereocenters. The fourth-order valence-corrected chi connectivity index (χ4v) is 3.72. The van der Waals surface area contributed by atoms with Crippen LogP contribution in [0.2, 0.25) is 0 Å². The van der Waals surface area contributed by atoms with E-state index >= 15 is 0 Å². The number of hydrogen-bond acceptors (Lipinski definition) is 4. The van der Waals surface area contributed by atoms with E-state index in [0.717, 1.165) is 4.90 Å². The average Bonchev–Trinajstić information content (AvgIpc) is 2.53. The first-order valence-corrected chi connectivity index (χ1v) is 8.33. The first-order valence-electron chi connectivity index (χ1n) is 8.33. The smallest absolute Gasteiger partial charge is 0.408 e. The molecule has 2 amide bonds. The Morgan fingerprint density at radius 2 is 1.77 bits per heavy atom. The molecule has 1 aliphatic rings. The van der Waals surface area contributed by atoms with Crippen molar-refractivity contribution in [3.8, 4) is 0 Å². The number of piperazine rings is 1. The van der Waals surface area contributed by atoms with Crippen LogP contribution in [0.3, 0.4) is 0 Å². The third-order valence-electron chi connectivity index (χ3n) is 5.36. The topological polar surface area (TPSA) is 118 Å². The standard InChI is InChI=1S/C18H24N2O6/c1-17(2,3)20(16(25)26)10-9-19(15(23)24)18(12-20,14(21)22)11-13-7-5-4-6-8-13/h4-8H,9-12H2,1-3H3,(H2-,21,22,23,24,25,26)/t18-,20?/m0/s1. The summed E-state index contributed by atoms with van der Waals surface area (Å²) in [6, 6.07) is 8.62. The Morgan fingerprint density at radius 1 is 1.19 bits per heavy atom. The lowest BCUT2D eigenvalue weighted by Crippen LogP contribution is -2.81. The average molecular weight is 364 g/mol. The minimum atomic E-state index is -1.90. The monoisotopic (exact) mass is 364 g/mol. The van der Waals surface area contributed by atoms with Gasteiger partial charge in [-0.3, -0.25) is 9.38 Å². The molecule has 2 rings (SSSR count). The highest BCUT2D eigenvalue weighted by Crippen LogP contribution is 2.36. The maximum atomic E-state index is 12.3. The number of aliphatic carboxylic acids is 1. The van der Waals surface area contributed by atoms with Crippen LogP contribution in [0.5, 0.6) is 0 Å². The van der Waals surface area contributed by atoms with Crippen LogP contribution in [0.25, 0.3) is 0 Å². The number of nitrogens with zero attached hydrogens (tertiary/aromatic N) is 2. The molecule has 0 radical (unpaired) electrons. The molecule has 0 aliphatic carbocycles. The summed E-state index contributed by atoms with van der Waals surface area (Å²) >= 11 is 0. The van der Waals surface area contributed by atoms with E-state index in [9.17, 15) is 29.7 Å². The van der Waals surface area contributed by atoms with Gasteiger partial charge in [0.25, 0.3) is 6.09 Å². The molecule has 0 spiro atoms. The maximum Gasteiger partial charge on any atom is 0.408 e. The molecule has 8 heteroatoms. The molecular weight excluding hydrogens is 340 g/mol. The molecule has 0 aromatic heterocycles. The second-order valence-electron chi connectivity index (χ2n) is 7.72. The number of quaternary nitrogens is 1. The molecular formula is C18H24N2O6. The van der Waals surface area contributed by atoms with Crippen molar-refractivity contribution >= 4 is 18.2 Å². The lowest BCUT2D eigenvalue weighted by Gasteiger charge is -2.56. The van der Waals surface area contributed by atoms with Crippen LogP contribution in [-0.2, 0) is 11.2 Å². The van der Waals surface area contributed by atoms with E-state index in [1.54, 1.807) is 51.1 Å². The van der Waals surface area contributed by atoms with E-state index < -0.39 is 40.3 Å². The lowest BCUT2D eigenvalue weighted by molar-refractivity contribution is -0.927. The number of carboxylic acids is 1. The highest BCUT2D eigenvalue weighted by atomic mass is 16.4. The Balaban J connectivity index is 2.63. The van der Waals surface area contributed by atoms with Crippen molar-refractivity contribution < 1.29 is 34.2 Å². The summed E-state index contributed by atoms with van der Waals surface area (Å²) < 4.78 is -0.629. The molecule has 1 unspecified atom stereocenters. The Hall–Kier alpha value is -2.61. The second-order valence-corrected chi connectivity index (χ2v) is 7.72. The summed E-state index contributed by atoms with van der Waals surface area (Å²) in [5.74, 6) is -1.36. The van der Waals surface area contributed by atoms with E-state index in [4.69, 9.17) is 0 Å². The molecule has 0 bridgehead atoms. The number of hydrogen-bond donors (Lipinski definition) is 2. The van der Waals surface area contributed by atoms with Gasteiger partial charge in [-0.25, -0.2) is 9.59 Å². The third kappa shape index (κ3) is 3.12. The number of amides is 2. The van der Waals surface area contributed by atoms with Crippen molar-refractivity contribution in [1.29, 1.82) is 0 Å². The normalized spacial score (nSPS) is 26.3. The molecule has 0 saturated carbocycles. The molecule has 2 N–H and O–H groups in total. The summed E-state index contributed by atoms with van der Waals surface area (Å²) in [6.07, 6.45) is -2.91. The molecule has 1 aliphatic heterocycles. The van der Waals surface area contributed by atoms with Gasteiger partial charge in [0.15, 0.2) is 5.54 Å². The van der Waals surface area contributed by atoms with Gasteiger partial charge in [-0.2, -0.15) is 0 Å². The molecule has 1 saturated heterocycles. The minimum absolute atomic E-state index is 0.0536. The van der Waals surface area contributed by atoms with Gasteiger partial charge < -0.3 is 20.1 Å². The Kier molecular flexibility index (Phi) is 5.01. The van der Waals surface area contributed by atoms with Gasteiger partial charge in [0, 0.05) is 6.42 Å². The van der Waals surface area contributed by atoms with Gasteiger partial charge in [-0.05, 0) is 26.3 Å². The number of carboxylic acid groups (broad SMARTS) is 3. The first kappa shape index (κ1) is 19.7. The molecule has 1 aromatic carbocycles. The van der Waals surface area contributed by atoms with E-state index in [1.807, 2.05) is 0 Å². The van der Waals surface area contributed by atoms with Gasteiger partial charge >= 0.3 is 12.1 Å². The molecule has 142 valence electrons. The highest BCUT2D eigenvalue weighted by Gasteiger charge is 2.60. The van der Waals surface area contributed by atoms with Crippen LogP contribution in [0.4, 0.5) is 9.59 Å². The largest absolute Gasteiger partial charge is 0.498 e. The summed E-state index contributed by atoms with van der Waals surface area (Å²) in [5, 5.41) is 31.7. The molecule has 8 nitrogen and oxygen atoms in total. The number of benzene rings is 1. The van der Waals surface area contributed by atoms with Gasteiger partial charge in [-0.15, -0.1) is 0 Å². The molecule has 1 heterocycles. The summed E-state index contributed by atoms with van der Waals surface area (Å²) in [5.41, 5.74) is -2.15. The van der Waals surface area contributed by atoms with Crippen LogP contribution >= 0.6 is 0 Å². The summed E-state index contributed by atoms with van der Waals surface area (Å²) in [6.45, 7) is 4.40. The van der Waals surface area contributed by atoms with Gasteiger partial charge in [-0.1, -0.05) is 30.3 Å². The number of rotatable bonds is 3.